The summed E-state index contributed by atoms with van der Waals surface area (Å²) in [5.74, 6) is 17.1. The minimum absolute atomic E-state index is 0.139. The molecule has 0 nitrogen and oxygen atoms in total. The van der Waals surface area contributed by atoms with Crippen molar-refractivity contribution in [2.45, 2.75) is 216 Å². The van der Waals surface area contributed by atoms with Crippen LogP contribution < -0.4 is 0 Å². The summed E-state index contributed by atoms with van der Waals surface area (Å²) >= 11 is 0. The van der Waals surface area contributed by atoms with Crippen molar-refractivity contribution in [1.29, 1.82) is 0 Å². The second-order valence-corrected chi connectivity index (χ2v) is 31.2. The zero-order chi connectivity index (χ0) is 35.6. The van der Waals surface area contributed by atoms with Gasteiger partial charge in [0.05, 0.1) is 0 Å². The van der Waals surface area contributed by atoms with Gasteiger partial charge in [0.2, 0.25) is 0 Å². The van der Waals surface area contributed by atoms with Crippen LogP contribution in [-0.2, 0) is 0 Å². The first-order valence-corrected chi connectivity index (χ1v) is 28.1. The Morgan fingerprint density at radius 1 is 0.291 bits per heavy atom. The quantitative estimate of drug-likeness (QED) is 0.205. The first-order valence-electron chi connectivity index (χ1n) is 26.5. The summed E-state index contributed by atoms with van der Waals surface area (Å²) in [6.45, 7) is 0. The van der Waals surface area contributed by atoms with Gasteiger partial charge in [0.25, 0.3) is 0 Å². The Labute approximate surface area is 338 Å². The van der Waals surface area contributed by atoms with E-state index in [0.29, 0.717) is 5.41 Å². The Morgan fingerprint density at radius 2 is 0.491 bits per heavy atom. The summed E-state index contributed by atoms with van der Waals surface area (Å²) in [4.78, 5) is 0. The fraction of sp³-hybridized carbons (Fsp3) is 1.00. The van der Waals surface area contributed by atoms with E-state index in [0.717, 1.165) is 115 Å². The molecule has 0 radical (unpaired) electrons. The number of hydrogen-bond acceptors (Lipinski definition) is 0. The summed E-state index contributed by atoms with van der Waals surface area (Å²) in [7, 11) is 0.139. The highest BCUT2D eigenvalue weighted by Crippen LogP contribution is 2.86. The van der Waals surface area contributed by atoms with Gasteiger partial charge in [0.1, 0.15) is 0 Å². The lowest BCUT2D eigenvalue weighted by Crippen LogP contribution is -2.72. The molecule has 0 aromatic rings. The minimum Gasteiger partial charge on any atom is -0.0939 e. The van der Waals surface area contributed by atoms with Gasteiger partial charge < -0.3 is 0 Å². The maximum absolute atomic E-state index is 1.78. The van der Waals surface area contributed by atoms with Crippen LogP contribution in [0.3, 0.4) is 0 Å². The maximum Gasteiger partial charge on any atom is -0.00815 e. The predicted molar refractivity (Wildman–Crippen MR) is 227 cm³/mol. The molecule has 20 aliphatic carbocycles. The second kappa shape index (κ2) is 11.3. The molecule has 0 N–H and O–H groups in total. The van der Waals surface area contributed by atoms with Gasteiger partial charge in [-0.15, -0.1) is 0 Å². The highest BCUT2D eigenvalue weighted by atomic mass is 31.1. The molecule has 0 aliphatic heterocycles. The van der Waals surface area contributed by atoms with E-state index in [1.165, 1.54) is 0 Å². The zero-order valence-electron chi connectivity index (χ0n) is 35.4. The number of hydrogen-bond donors (Lipinski definition) is 0. The third-order valence-corrected chi connectivity index (χ3v) is 29.1. The normalized spacial score (nSPS) is 63.4. The minimum atomic E-state index is 0.139. The number of rotatable bonds is 9. The van der Waals surface area contributed by atoms with Crippen LogP contribution in [0, 0.1) is 110 Å². The molecule has 0 spiro atoms. The second-order valence-electron chi connectivity index (χ2n) is 28.0. The molecular formula is C54H81P. The summed E-state index contributed by atoms with van der Waals surface area (Å²) in [5, 5.41) is 1.67. The highest BCUT2D eigenvalue weighted by Gasteiger charge is 2.77. The van der Waals surface area contributed by atoms with E-state index in [4.69, 9.17) is 0 Å². The van der Waals surface area contributed by atoms with Crippen molar-refractivity contribution in [3.63, 3.8) is 0 Å². The Balaban J connectivity index is 0.882. The Bertz CT molecular complexity index is 1270. The van der Waals surface area contributed by atoms with Crippen molar-refractivity contribution in [1.82, 2.24) is 0 Å². The van der Waals surface area contributed by atoms with E-state index in [1.807, 2.05) is 0 Å². The zero-order valence-corrected chi connectivity index (χ0v) is 36.3. The fourth-order valence-corrected chi connectivity index (χ4v) is 32.0. The van der Waals surface area contributed by atoms with Gasteiger partial charge in [-0.1, -0.05) is 7.92 Å². The van der Waals surface area contributed by atoms with Gasteiger partial charge in [-0.25, -0.2) is 0 Å². The van der Waals surface area contributed by atoms with Gasteiger partial charge in [0, 0.05) is 0 Å². The van der Waals surface area contributed by atoms with Crippen molar-refractivity contribution in [2.24, 2.45) is 110 Å². The fourth-order valence-electron chi connectivity index (χ4n) is 26.7. The van der Waals surface area contributed by atoms with Gasteiger partial charge in [-0.3, -0.25) is 0 Å². The molecule has 0 amide bonds. The third-order valence-electron chi connectivity index (χ3n) is 24.9. The topological polar surface area (TPSA) is 0 Å². The Morgan fingerprint density at radius 3 is 0.709 bits per heavy atom. The first-order chi connectivity index (χ1) is 26.8. The average molecular weight is 761 g/mol. The third kappa shape index (κ3) is 4.55. The van der Waals surface area contributed by atoms with Crippen molar-refractivity contribution in [3.8, 4) is 0 Å². The lowest BCUT2D eigenvalue weighted by atomic mass is 9.24. The van der Waals surface area contributed by atoms with Crippen LogP contribution in [0.5, 0.6) is 0 Å². The van der Waals surface area contributed by atoms with Crippen LogP contribution in [0.1, 0.15) is 205 Å². The van der Waals surface area contributed by atoms with Crippen molar-refractivity contribution < 1.29 is 0 Å². The molecule has 20 fully saturated rings. The van der Waals surface area contributed by atoms with Crippen LogP contribution in [0.4, 0.5) is 0 Å². The molecule has 20 bridgehead atoms. The Hall–Kier alpha value is 0.430. The van der Waals surface area contributed by atoms with Crippen molar-refractivity contribution in [2.75, 3.05) is 6.16 Å². The summed E-state index contributed by atoms with van der Waals surface area (Å²) in [6.07, 6.45) is 56.3. The summed E-state index contributed by atoms with van der Waals surface area (Å²) in [6, 6.07) is 0. The van der Waals surface area contributed by atoms with E-state index < -0.39 is 0 Å². The molecular weight excluding hydrogens is 680 g/mol. The van der Waals surface area contributed by atoms with Gasteiger partial charge in [-0.05, 0) is 332 Å². The molecule has 0 heterocycles. The van der Waals surface area contributed by atoms with Crippen LogP contribution in [-0.4, -0.2) is 16.5 Å². The first kappa shape index (κ1) is 34.1. The SMILES string of the molecule is C(CP(C12CC3CC(CC(C3)C1)C2)C12CC3CC(CC(C3)C1)C2)CC(C12CC3CC(CC(C3)C1)C2)(C12CC3CC(CC(C3)C1)C2)C12CC3CC(CC(C3)C1)C2. The predicted octanol–water partition coefficient (Wildman–Crippen LogP) is 14.8. The molecule has 20 saturated carbocycles. The molecule has 0 saturated heterocycles. The average Bonchev–Trinajstić information content (AvgIpc) is 3.08. The molecule has 55 heavy (non-hydrogen) atoms. The Kier molecular flexibility index (Phi) is 6.98. The molecule has 302 valence electrons. The molecule has 0 aromatic carbocycles. The highest BCUT2D eigenvalue weighted by molar-refractivity contribution is 7.61. The van der Waals surface area contributed by atoms with Crippen LogP contribution in [0.25, 0.3) is 0 Å². The van der Waals surface area contributed by atoms with E-state index in [9.17, 15) is 0 Å². The van der Waals surface area contributed by atoms with Gasteiger partial charge in [-0.2, -0.15) is 0 Å². The molecule has 0 unspecified atom stereocenters. The van der Waals surface area contributed by atoms with Crippen LogP contribution in [0.15, 0.2) is 0 Å². The van der Waals surface area contributed by atoms with Crippen LogP contribution >= 0.6 is 7.92 Å². The van der Waals surface area contributed by atoms with E-state index in [1.54, 1.807) is 212 Å². The molecule has 0 aromatic heterocycles. The van der Waals surface area contributed by atoms with E-state index in [-0.39, 0.29) is 7.92 Å². The van der Waals surface area contributed by atoms with Crippen molar-refractivity contribution in [3.05, 3.63) is 0 Å². The standard InChI is InChI=1S/C54H81P/c1(3-55(52-28-43-13-44(29-52)15-45(14-43)30-52)53-31-46-16-47(32-53)18-48(17-46)33-53)2-54(49-19-34-4-35(20-49)6-36(5-34)21-49,50-22-37-7-38(23-50)9-39(8-37)24-50)51-25-40-10-41(26-51)12-42(11-40)27-51/h34-48H,1-33H2. The monoisotopic (exact) mass is 761 g/mol. The largest absolute Gasteiger partial charge is 0.0939 e. The lowest BCUT2D eigenvalue weighted by Gasteiger charge is -2.80. The van der Waals surface area contributed by atoms with E-state index in [2.05, 4.69) is 0 Å². The molecule has 20 rings (SSSR count). The van der Waals surface area contributed by atoms with Crippen LogP contribution in [0.2, 0.25) is 0 Å². The maximum atomic E-state index is 1.78. The van der Waals surface area contributed by atoms with Gasteiger partial charge in [0.15, 0.2) is 0 Å². The smallest absolute Gasteiger partial charge is 0.00815 e. The van der Waals surface area contributed by atoms with Gasteiger partial charge >= 0.3 is 0 Å². The summed E-state index contributed by atoms with van der Waals surface area (Å²) < 4.78 is 0. The molecule has 20 aliphatic rings. The van der Waals surface area contributed by atoms with Crippen molar-refractivity contribution >= 4 is 7.92 Å². The lowest BCUT2D eigenvalue weighted by molar-refractivity contribution is -0.310. The van der Waals surface area contributed by atoms with E-state index >= 15 is 0 Å². The molecule has 0 atom stereocenters. The molecule has 1 heteroatoms. The summed E-state index contributed by atoms with van der Waals surface area (Å²) in [5.41, 5.74) is 2.93.